The lowest BCUT2D eigenvalue weighted by Crippen LogP contribution is -2.12. The number of ketones is 1. The number of rotatable bonds is 6. The zero-order valence-corrected chi connectivity index (χ0v) is 10.7. The highest BCUT2D eigenvalue weighted by atomic mass is 19.3. The largest absolute Gasteiger partial charge is 0.493 e. The molecule has 0 aliphatic carbocycles. The van der Waals surface area contributed by atoms with Gasteiger partial charge >= 0.3 is 0 Å². The molecular weight excluding hydrogens is 270 g/mol. The molecule has 106 valence electrons. The van der Waals surface area contributed by atoms with Crippen molar-refractivity contribution in [2.45, 2.75) is 19.8 Å². The topological polar surface area (TPSA) is 65.2 Å². The van der Waals surface area contributed by atoms with Crippen molar-refractivity contribution in [2.75, 3.05) is 6.61 Å². The molecule has 0 N–H and O–H groups in total. The number of aromatic nitrogens is 2. The van der Waals surface area contributed by atoms with E-state index in [1.807, 2.05) is 6.92 Å². The highest BCUT2D eigenvalue weighted by Gasteiger charge is 2.20. The van der Waals surface area contributed by atoms with Gasteiger partial charge in [-0.25, -0.2) is 8.78 Å². The van der Waals surface area contributed by atoms with Crippen LogP contribution in [0, 0.1) is 0 Å². The standard InChI is InChI=1S/C13H12F2N2O3/c1-2-19-10-6-4-3-5-8(10)13-16-11(20-17-13)7-9(18)12(14)15/h3-6,12H,2,7H2,1H3. The fraction of sp³-hybridized carbons (Fsp3) is 0.308. The van der Waals surface area contributed by atoms with Crippen molar-refractivity contribution in [1.29, 1.82) is 0 Å². The lowest BCUT2D eigenvalue weighted by atomic mass is 10.2. The molecule has 0 amide bonds. The fourth-order valence-corrected chi connectivity index (χ4v) is 1.60. The summed E-state index contributed by atoms with van der Waals surface area (Å²) in [5, 5.41) is 3.68. The van der Waals surface area contributed by atoms with Crippen LogP contribution in [0.3, 0.4) is 0 Å². The summed E-state index contributed by atoms with van der Waals surface area (Å²) >= 11 is 0. The van der Waals surface area contributed by atoms with Crippen LogP contribution >= 0.6 is 0 Å². The summed E-state index contributed by atoms with van der Waals surface area (Å²) in [5.41, 5.74) is 0.578. The summed E-state index contributed by atoms with van der Waals surface area (Å²) in [6.45, 7) is 2.30. The first-order chi connectivity index (χ1) is 9.61. The van der Waals surface area contributed by atoms with Crippen LogP contribution in [0.4, 0.5) is 8.78 Å². The number of ether oxygens (including phenoxy) is 1. The molecule has 20 heavy (non-hydrogen) atoms. The smallest absolute Gasteiger partial charge is 0.296 e. The van der Waals surface area contributed by atoms with Gasteiger partial charge in [-0.2, -0.15) is 4.98 Å². The SMILES string of the molecule is CCOc1ccccc1-c1noc(CC(=O)C(F)F)n1. The van der Waals surface area contributed by atoms with Crippen LogP contribution in [0.5, 0.6) is 5.75 Å². The Balaban J connectivity index is 2.22. The van der Waals surface area contributed by atoms with Gasteiger partial charge in [0.05, 0.1) is 18.6 Å². The van der Waals surface area contributed by atoms with E-state index in [4.69, 9.17) is 9.26 Å². The van der Waals surface area contributed by atoms with E-state index < -0.39 is 18.6 Å². The van der Waals surface area contributed by atoms with Crippen molar-refractivity contribution in [3.8, 4) is 17.1 Å². The van der Waals surface area contributed by atoms with Crippen LogP contribution in [-0.2, 0) is 11.2 Å². The Morgan fingerprint density at radius 2 is 2.15 bits per heavy atom. The molecule has 0 atom stereocenters. The van der Waals surface area contributed by atoms with E-state index in [2.05, 4.69) is 10.1 Å². The molecule has 1 heterocycles. The zero-order valence-electron chi connectivity index (χ0n) is 10.7. The molecule has 1 aromatic heterocycles. The van der Waals surface area contributed by atoms with Crippen molar-refractivity contribution in [3.05, 3.63) is 30.2 Å². The molecule has 0 aliphatic heterocycles. The second-order valence-corrected chi connectivity index (χ2v) is 3.88. The van der Waals surface area contributed by atoms with E-state index in [-0.39, 0.29) is 11.7 Å². The Hall–Kier alpha value is -2.31. The van der Waals surface area contributed by atoms with Gasteiger partial charge in [0.15, 0.2) is 0 Å². The normalized spacial score (nSPS) is 10.8. The summed E-state index contributed by atoms with van der Waals surface area (Å²) < 4.78 is 34.5. The van der Waals surface area contributed by atoms with Crippen LogP contribution in [0.1, 0.15) is 12.8 Å². The molecule has 0 bridgehead atoms. The Morgan fingerprint density at radius 3 is 2.85 bits per heavy atom. The molecule has 2 rings (SSSR count). The van der Waals surface area contributed by atoms with Gasteiger partial charge in [-0.3, -0.25) is 4.79 Å². The molecule has 5 nitrogen and oxygen atoms in total. The predicted molar refractivity (Wildman–Crippen MR) is 65.6 cm³/mol. The Labute approximate surface area is 113 Å². The average molecular weight is 282 g/mol. The quantitative estimate of drug-likeness (QED) is 0.814. The minimum Gasteiger partial charge on any atom is -0.493 e. The number of carbonyl (C=O) groups excluding carboxylic acids is 1. The van der Waals surface area contributed by atoms with Gasteiger partial charge in [-0.05, 0) is 19.1 Å². The third kappa shape index (κ3) is 3.17. The van der Waals surface area contributed by atoms with Crippen LogP contribution < -0.4 is 4.74 Å². The van der Waals surface area contributed by atoms with Gasteiger partial charge in [-0.15, -0.1) is 0 Å². The van der Waals surface area contributed by atoms with Gasteiger partial charge in [-0.1, -0.05) is 17.3 Å². The van der Waals surface area contributed by atoms with Gasteiger partial charge in [0, 0.05) is 0 Å². The number of hydrogen-bond acceptors (Lipinski definition) is 5. The predicted octanol–water partition coefficient (Wildman–Crippen LogP) is 2.51. The molecule has 7 heteroatoms. The lowest BCUT2D eigenvalue weighted by molar-refractivity contribution is -0.129. The maximum absolute atomic E-state index is 12.1. The van der Waals surface area contributed by atoms with E-state index >= 15 is 0 Å². The van der Waals surface area contributed by atoms with E-state index in [9.17, 15) is 13.6 Å². The van der Waals surface area contributed by atoms with E-state index in [0.717, 1.165) is 0 Å². The highest BCUT2D eigenvalue weighted by molar-refractivity contribution is 5.83. The average Bonchev–Trinajstić information content (AvgIpc) is 2.88. The zero-order chi connectivity index (χ0) is 14.5. The fourth-order valence-electron chi connectivity index (χ4n) is 1.60. The first-order valence-electron chi connectivity index (χ1n) is 5.97. The summed E-state index contributed by atoms with van der Waals surface area (Å²) in [5.74, 6) is -0.636. The van der Waals surface area contributed by atoms with Crippen molar-refractivity contribution < 1.29 is 22.8 Å². The second-order valence-electron chi connectivity index (χ2n) is 3.88. The van der Waals surface area contributed by atoms with E-state index in [0.29, 0.717) is 17.9 Å². The molecular formula is C13H12F2N2O3. The number of benzene rings is 1. The van der Waals surface area contributed by atoms with Crippen molar-refractivity contribution in [3.63, 3.8) is 0 Å². The number of nitrogens with zero attached hydrogens (tertiary/aromatic N) is 2. The lowest BCUT2D eigenvalue weighted by Gasteiger charge is -2.05. The van der Waals surface area contributed by atoms with Crippen LogP contribution in [0.2, 0.25) is 0 Å². The van der Waals surface area contributed by atoms with E-state index in [1.54, 1.807) is 24.3 Å². The van der Waals surface area contributed by atoms with Gasteiger partial charge in [0.2, 0.25) is 17.5 Å². The molecule has 0 radical (unpaired) electrons. The minimum atomic E-state index is -3.04. The summed E-state index contributed by atoms with van der Waals surface area (Å²) in [6, 6.07) is 7.00. The molecule has 2 aromatic rings. The Morgan fingerprint density at radius 1 is 1.40 bits per heavy atom. The number of carbonyl (C=O) groups is 1. The maximum atomic E-state index is 12.1. The number of Topliss-reactive ketones (excluding diaryl/α,β-unsaturated/α-hetero) is 1. The van der Waals surface area contributed by atoms with Crippen molar-refractivity contribution >= 4 is 5.78 Å². The molecule has 0 spiro atoms. The third-order valence-electron chi connectivity index (χ3n) is 2.46. The number of hydrogen-bond donors (Lipinski definition) is 0. The monoisotopic (exact) mass is 282 g/mol. The van der Waals surface area contributed by atoms with Gasteiger partial charge in [0.1, 0.15) is 5.75 Å². The third-order valence-corrected chi connectivity index (χ3v) is 2.46. The summed E-state index contributed by atoms with van der Waals surface area (Å²) in [7, 11) is 0. The molecule has 0 unspecified atom stereocenters. The van der Waals surface area contributed by atoms with Crippen LogP contribution in [0.15, 0.2) is 28.8 Å². The van der Waals surface area contributed by atoms with Crippen molar-refractivity contribution in [2.24, 2.45) is 0 Å². The summed E-state index contributed by atoms with van der Waals surface area (Å²) in [4.78, 5) is 14.9. The first kappa shape index (κ1) is 14.1. The maximum Gasteiger partial charge on any atom is 0.296 e. The van der Waals surface area contributed by atoms with Crippen LogP contribution in [-0.4, -0.2) is 29.0 Å². The van der Waals surface area contributed by atoms with Gasteiger partial charge in [0.25, 0.3) is 6.43 Å². The Kier molecular flexibility index (Phi) is 4.39. The molecule has 1 aromatic carbocycles. The number of para-hydroxylation sites is 1. The first-order valence-corrected chi connectivity index (χ1v) is 5.97. The second kappa shape index (κ2) is 6.23. The minimum absolute atomic E-state index is 0.142. The number of alkyl halides is 2. The van der Waals surface area contributed by atoms with Crippen molar-refractivity contribution in [1.82, 2.24) is 10.1 Å². The molecule has 0 aliphatic rings. The van der Waals surface area contributed by atoms with E-state index in [1.165, 1.54) is 0 Å². The van der Waals surface area contributed by atoms with Gasteiger partial charge < -0.3 is 9.26 Å². The molecule has 0 saturated carbocycles. The number of halogens is 2. The highest BCUT2D eigenvalue weighted by Crippen LogP contribution is 2.27. The molecule has 0 saturated heterocycles. The Bertz CT molecular complexity index is 599. The van der Waals surface area contributed by atoms with Crippen LogP contribution in [0.25, 0.3) is 11.4 Å². The molecule has 0 fully saturated rings. The summed E-state index contributed by atoms with van der Waals surface area (Å²) in [6.07, 6.45) is -3.62.